The maximum Gasteiger partial charge on any atom is 0.246 e. The van der Waals surface area contributed by atoms with Gasteiger partial charge in [0.2, 0.25) is 5.91 Å². The van der Waals surface area contributed by atoms with Crippen LogP contribution in [0, 0.1) is 0 Å². The molecule has 0 aromatic carbocycles. The van der Waals surface area contributed by atoms with Crippen molar-refractivity contribution in [1.82, 2.24) is 5.32 Å². The van der Waals surface area contributed by atoms with Gasteiger partial charge in [-0.3, -0.25) is 4.79 Å². The van der Waals surface area contributed by atoms with Gasteiger partial charge >= 0.3 is 0 Å². The summed E-state index contributed by atoms with van der Waals surface area (Å²) in [7, 11) is 0. The molecule has 2 atom stereocenters. The molecule has 2 unspecified atom stereocenters. The first kappa shape index (κ1) is 8.13. The summed E-state index contributed by atoms with van der Waals surface area (Å²) >= 11 is 1.72. The number of amides is 1. The van der Waals surface area contributed by atoms with Crippen LogP contribution in [0.3, 0.4) is 0 Å². The molecule has 2 heterocycles. The molecule has 2 aliphatic rings. The first-order valence-corrected chi connectivity index (χ1v) is 4.96. The second-order valence-electron chi connectivity index (χ2n) is 2.88. The number of carbonyl (C=O) groups excluding carboxylic acids is 1. The molecule has 0 aliphatic carbocycles. The highest BCUT2D eigenvalue weighted by molar-refractivity contribution is 8.03. The Labute approximate surface area is 75.5 Å². The van der Waals surface area contributed by atoms with Crippen LogP contribution in [-0.4, -0.2) is 24.0 Å². The van der Waals surface area contributed by atoms with Crippen LogP contribution in [0.2, 0.25) is 0 Å². The summed E-state index contributed by atoms with van der Waals surface area (Å²) in [6.45, 7) is 2.32. The van der Waals surface area contributed by atoms with Gasteiger partial charge in [0.1, 0.15) is 12.0 Å². The average molecular weight is 185 g/mol. The van der Waals surface area contributed by atoms with Crippen LogP contribution in [0.1, 0.15) is 13.3 Å². The first-order chi connectivity index (χ1) is 5.79. The Kier molecular flexibility index (Phi) is 2.11. The molecule has 1 N–H and O–H groups in total. The SMILES string of the molecule is CCC1=CC2NC(=O)COC2S1. The molecule has 0 spiro atoms. The Hall–Kier alpha value is -0.480. The molecule has 66 valence electrons. The number of carbonyl (C=O) groups is 1. The monoisotopic (exact) mass is 185 g/mol. The van der Waals surface area contributed by atoms with E-state index in [0.29, 0.717) is 0 Å². The molecule has 1 fully saturated rings. The van der Waals surface area contributed by atoms with Crippen molar-refractivity contribution in [1.29, 1.82) is 0 Å². The van der Waals surface area contributed by atoms with Crippen molar-refractivity contribution in [3.63, 3.8) is 0 Å². The molecular formula is C8H11NO2S. The molecule has 3 nitrogen and oxygen atoms in total. The maximum absolute atomic E-state index is 10.9. The fraction of sp³-hybridized carbons (Fsp3) is 0.625. The smallest absolute Gasteiger partial charge is 0.246 e. The number of hydrogen-bond acceptors (Lipinski definition) is 3. The van der Waals surface area contributed by atoms with E-state index in [0.717, 1.165) is 6.42 Å². The number of nitrogens with one attached hydrogen (secondary N) is 1. The van der Waals surface area contributed by atoms with E-state index in [9.17, 15) is 4.79 Å². The zero-order valence-corrected chi connectivity index (χ0v) is 7.69. The summed E-state index contributed by atoms with van der Waals surface area (Å²) in [6.07, 6.45) is 3.11. The third-order valence-corrected chi connectivity index (χ3v) is 3.37. The minimum Gasteiger partial charge on any atom is -0.355 e. The van der Waals surface area contributed by atoms with E-state index in [-0.39, 0.29) is 24.0 Å². The Morgan fingerprint density at radius 1 is 1.83 bits per heavy atom. The van der Waals surface area contributed by atoms with Crippen molar-refractivity contribution >= 4 is 17.7 Å². The van der Waals surface area contributed by atoms with E-state index in [1.165, 1.54) is 4.91 Å². The molecule has 2 aliphatic heterocycles. The molecule has 4 heteroatoms. The van der Waals surface area contributed by atoms with Crippen LogP contribution in [0.15, 0.2) is 11.0 Å². The normalized spacial score (nSPS) is 34.1. The number of allylic oxidation sites excluding steroid dienone is 1. The summed E-state index contributed by atoms with van der Waals surface area (Å²) in [5.41, 5.74) is 0.123. The Bertz CT molecular complexity index is 239. The van der Waals surface area contributed by atoms with E-state index in [1.807, 2.05) is 0 Å². The molecule has 1 saturated heterocycles. The molecule has 0 aromatic rings. The molecular weight excluding hydrogens is 174 g/mol. The second kappa shape index (κ2) is 3.11. The molecule has 0 radical (unpaired) electrons. The largest absolute Gasteiger partial charge is 0.355 e. The van der Waals surface area contributed by atoms with Crippen molar-refractivity contribution < 1.29 is 9.53 Å². The summed E-state index contributed by atoms with van der Waals surface area (Å²) in [5.74, 6) is -0.00884. The van der Waals surface area contributed by atoms with E-state index in [2.05, 4.69) is 18.3 Å². The molecule has 2 rings (SSSR count). The van der Waals surface area contributed by atoms with E-state index >= 15 is 0 Å². The number of thioether (sulfide) groups is 1. The van der Waals surface area contributed by atoms with Crippen LogP contribution in [-0.2, 0) is 9.53 Å². The third-order valence-electron chi connectivity index (χ3n) is 1.98. The highest BCUT2D eigenvalue weighted by atomic mass is 32.2. The van der Waals surface area contributed by atoms with Crippen molar-refractivity contribution in [2.75, 3.05) is 6.61 Å². The van der Waals surface area contributed by atoms with Crippen LogP contribution in [0.4, 0.5) is 0 Å². The molecule has 1 amide bonds. The van der Waals surface area contributed by atoms with E-state index < -0.39 is 0 Å². The Balaban J connectivity index is 2.06. The fourth-order valence-corrected chi connectivity index (χ4v) is 2.49. The molecule has 0 saturated carbocycles. The third kappa shape index (κ3) is 1.36. The minimum absolute atomic E-state index is 0.00884. The Morgan fingerprint density at radius 2 is 2.67 bits per heavy atom. The van der Waals surface area contributed by atoms with Crippen LogP contribution in [0.5, 0.6) is 0 Å². The van der Waals surface area contributed by atoms with Gasteiger partial charge in [0.25, 0.3) is 0 Å². The summed E-state index contributed by atoms with van der Waals surface area (Å²) < 4.78 is 5.35. The van der Waals surface area contributed by atoms with Gasteiger partial charge in [-0.2, -0.15) is 0 Å². The van der Waals surface area contributed by atoms with Crippen molar-refractivity contribution in [2.24, 2.45) is 0 Å². The predicted octanol–water partition coefficient (Wildman–Crippen LogP) is 0.868. The van der Waals surface area contributed by atoms with Gasteiger partial charge in [-0.1, -0.05) is 18.7 Å². The highest BCUT2D eigenvalue weighted by Gasteiger charge is 2.33. The zero-order valence-electron chi connectivity index (χ0n) is 6.87. The molecule has 12 heavy (non-hydrogen) atoms. The topological polar surface area (TPSA) is 38.3 Å². The lowest BCUT2D eigenvalue weighted by atomic mass is 10.2. The molecule has 0 bridgehead atoms. The van der Waals surface area contributed by atoms with Gasteiger partial charge in [-0.05, 0) is 17.4 Å². The number of fused-ring (bicyclic) bond motifs is 1. The van der Waals surface area contributed by atoms with Crippen molar-refractivity contribution in [3.05, 3.63) is 11.0 Å². The van der Waals surface area contributed by atoms with Crippen LogP contribution in [0.25, 0.3) is 0 Å². The van der Waals surface area contributed by atoms with Gasteiger partial charge in [0.15, 0.2) is 0 Å². The average Bonchev–Trinajstić information content (AvgIpc) is 2.46. The maximum atomic E-state index is 10.9. The zero-order chi connectivity index (χ0) is 8.55. The first-order valence-electron chi connectivity index (χ1n) is 4.08. The van der Waals surface area contributed by atoms with Gasteiger partial charge in [0.05, 0.1) is 6.04 Å². The van der Waals surface area contributed by atoms with Crippen LogP contribution < -0.4 is 5.32 Å². The molecule has 0 aromatic heterocycles. The van der Waals surface area contributed by atoms with Crippen LogP contribution >= 0.6 is 11.8 Å². The summed E-state index contributed by atoms with van der Waals surface area (Å²) in [4.78, 5) is 12.2. The highest BCUT2D eigenvalue weighted by Crippen LogP contribution is 2.36. The lowest BCUT2D eigenvalue weighted by Crippen LogP contribution is -2.47. The van der Waals surface area contributed by atoms with Gasteiger partial charge in [-0.15, -0.1) is 0 Å². The van der Waals surface area contributed by atoms with Gasteiger partial charge in [-0.25, -0.2) is 0 Å². The second-order valence-corrected chi connectivity index (χ2v) is 4.10. The number of rotatable bonds is 1. The standard InChI is InChI=1S/C8H11NO2S/c1-2-5-3-6-8(12-5)11-4-7(10)9-6/h3,6,8H,2,4H2,1H3,(H,9,10). The number of ether oxygens (including phenoxy) is 1. The number of hydrogen-bond donors (Lipinski definition) is 1. The fourth-order valence-electron chi connectivity index (χ4n) is 1.37. The quantitative estimate of drug-likeness (QED) is 0.658. The van der Waals surface area contributed by atoms with Gasteiger partial charge in [0, 0.05) is 0 Å². The predicted molar refractivity (Wildman–Crippen MR) is 47.6 cm³/mol. The minimum atomic E-state index is -0.00884. The van der Waals surface area contributed by atoms with E-state index in [4.69, 9.17) is 4.74 Å². The van der Waals surface area contributed by atoms with E-state index in [1.54, 1.807) is 11.8 Å². The summed E-state index contributed by atoms with van der Waals surface area (Å²) in [6, 6.07) is 0.103. The lowest BCUT2D eigenvalue weighted by molar-refractivity contribution is -0.131. The summed E-state index contributed by atoms with van der Waals surface area (Å²) in [5, 5.41) is 2.88. The van der Waals surface area contributed by atoms with Crippen molar-refractivity contribution in [3.8, 4) is 0 Å². The van der Waals surface area contributed by atoms with Crippen molar-refractivity contribution in [2.45, 2.75) is 24.8 Å². The Morgan fingerprint density at radius 3 is 3.42 bits per heavy atom. The number of morpholine rings is 1. The van der Waals surface area contributed by atoms with Gasteiger partial charge < -0.3 is 10.1 Å². The lowest BCUT2D eigenvalue weighted by Gasteiger charge is -2.25.